The normalized spacial score (nSPS) is 13.3. The lowest BCUT2D eigenvalue weighted by atomic mass is 9.98. The van der Waals surface area contributed by atoms with Gasteiger partial charge in [0.25, 0.3) is 0 Å². The third-order valence-corrected chi connectivity index (χ3v) is 6.29. The van der Waals surface area contributed by atoms with E-state index in [2.05, 4.69) is 50.0 Å². The molecule has 0 heterocycles. The lowest BCUT2D eigenvalue weighted by Gasteiger charge is -2.15. The second kappa shape index (κ2) is 22.5. The molecule has 2 atom stereocenters. The van der Waals surface area contributed by atoms with E-state index in [0.717, 1.165) is 30.6 Å². The Morgan fingerprint density at radius 3 is 2.40 bits per heavy atom. The number of ether oxygens (including phenoxy) is 2. The van der Waals surface area contributed by atoms with Crippen molar-refractivity contribution in [1.82, 2.24) is 5.32 Å². The molecule has 1 amide bonds. The van der Waals surface area contributed by atoms with Gasteiger partial charge < -0.3 is 14.8 Å². The molecule has 222 valence electrons. The predicted octanol–water partition coefficient (Wildman–Crippen LogP) is 9.17. The Morgan fingerprint density at radius 1 is 1.07 bits per heavy atom. The van der Waals surface area contributed by atoms with Crippen molar-refractivity contribution in [2.45, 2.75) is 87.0 Å². The summed E-state index contributed by atoms with van der Waals surface area (Å²) >= 11 is 0. The van der Waals surface area contributed by atoms with Crippen LogP contribution in [0, 0.1) is 5.92 Å². The van der Waals surface area contributed by atoms with Crippen molar-refractivity contribution in [3.05, 3.63) is 83.4 Å². The van der Waals surface area contributed by atoms with E-state index in [1.807, 2.05) is 71.0 Å². The first kappa shape index (κ1) is 36.7. The van der Waals surface area contributed by atoms with Crippen LogP contribution in [0.5, 0.6) is 5.75 Å². The standard InChI is InChI=1S/C27H33NO4.C4H8.2C2H6/c1-19(21(3)29)12-13-22-8-6-10-24(17-22)31-15-7-14-28-27(30)32-18-26-20(2)16-23-9-4-5-11-25(23)26;1-3-4-2;2*1-2/h4-6,8-11,16-17,19,26H,7,12-15,18H2,1-3H3,(H,28,30);3H,1,4H2,2H3;2*1-2H3. The maximum Gasteiger partial charge on any atom is 0.407 e. The second-order valence-corrected chi connectivity index (χ2v) is 9.19. The molecule has 1 N–H and O–H groups in total. The molecular formula is C35H53NO4. The second-order valence-electron chi connectivity index (χ2n) is 9.19. The summed E-state index contributed by atoms with van der Waals surface area (Å²) < 4.78 is 11.3. The van der Waals surface area contributed by atoms with Gasteiger partial charge in [0, 0.05) is 18.4 Å². The van der Waals surface area contributed by atoms with Crippen LogP contribution >= 0.6 is 0 Å². The van der Waals surface area contributed by atoms with E-state index in [9.17, 15) is 9.59 Å². The average Bonchev–Trinajstić information content (AvgIpc) is 3.31. The number of Topliss-reactive ketones (excluding diaryl/α,β-unsaturated/α-hetero) is 1. The van der Waals surface area contributed by atoms with Crippen LogP contribution in [0.15, 0.2) is 66.8 Å². The number of ketones is 1. The van der Waals surface area contributed by atoms with Crippen molar-refractivity contribution < 1.29 is 19.1 Å². The summed E-state index contributed by atoms with van der Waals surface area (Å²) in [5, 5.41) is 2.79. The first-order valence-electron chi connectivity index (χ1n) is 14.9. The van der Waals surface area contributed by atoms with Crippen molar-refractivity contribution in [2.24, 2.45) is 5.92 Å². The van der Waals surface area contributed by atoms with Crippen molar-refractivity contribution in [1.29, 1.82) is 0 Å². The number of hydrogen-bond donors (Lipinski definition) is 1. The number of aryl methyl sites for hydroxylation is 1. The lowest BCUT2D eigenvalue weighted by molar-refractivity contribution is -0.120. The Bertz CT molecular complexity index is 1030. The fourth-order valence-electron chi connectivity index (χ4n) is 3.81. The average molecular weight is 552 g/mol. The van der Waals surface area contributed by atoms with Gasteiger partial charge in [0.1, 0.15) is 18.1 Å². The van der Waals surface area contributed by atoms with Gasteiger partial charge in [-0.2, -0.15) is 0 Å². The number of benzene rings is 2. The Hall–Kier alpha value is -3.34. The van der Waals surface area contributed by atoms with E-state index in [4.69, 9.17) is 9.47 Å². The first-order chi connectivity index (χ1) is 19.3. The van der Waals surface area contributed by atoms with Gasteiger partial charge in [0.15, 0.2) is 0 Å². The molecular weight excluding hydrogens is 498 g/mol. The highest BCUT2D eigenvalue weighted by molar-refractivity contribution is 5.77. The molecule has 0 aliphatic heterocycles. The third-order valence-electron chi connectivity index (χ3n) is 6.29. The van der Waals surface area contributed by atoms with Crippen molar-refractivity contribution >= 4 is 18.0 Å². The molecule has 5 heteroatoms. The van der Waals surface area contributed by atoms with E-state index in [1.54, 1.807) is 6.92 Å². The molecule has 1 aliphatic rings. The molecule has 2 unspecified atom stereocenters. The van der Waals surface area contributed by atoms with Crippen molar-refractivity contribution in [2.75, 3.05) is 19.8 Å². The van der Waals surface area contributed by atoms with Crippen LogP contribution in [-0.2, 0) is 16.0 Å². The Morgan fingerprint density at radius 2 is 1.75 bits per heavy atom. The van der Waals surface area contributed by atoms with E-state index < -0.39 is 6.09 Å². The van der Waals surface area contributed by atoms with Crippen LogP contribution in [0.4, 0.5) is 4.79 Å². The summed E-state index contributed by atoms with van der Waals surface area (Å²) in [6, 6.07) is 16.2. The van der Waals surface area contributed by atoms with Gasteiger partial charge in [-0.15, -0.1) is 6.58 Å². The van der Waals surface area contributed by atoms with Gasteiger partial charge >= 0.3 is 6.09 Å². The van der Waals surface area contributed by atoms with E-state index in [1.165, 1.54) is 16.7 Å². The van der Waals surface area contributed by atoms with Crippen LogP contribution in [-0.4, -0.2) is 31.6 Å². The molecule has 0 aromatic heterocycles. The molecule has 40 heavy (non-hydrogen) atoms. The van der Waals surface area contributed by atoms with Gasteiger partial charge in [-0.3, -0.25) is 4.79 Å². The minimum absolute atomic E-state index is 0.0776. The van der Waals surface area contributed by atoms with Gasteiger partial charge in [-0.05, 0) is 68.4 Å². The maximum atomic E-state index is 12.1. The highest BCUT2D eigenvalue weighted by Crippen LogP contribution is 2.35. The van der Waals surface area contributed by atoms with E-state index in [-0.39, 0.29) is 17.6 Å². The van der Waals surface area contributed by atoms with Gasteiger partial charge in [0.2, 0.25) is 0 Å². The van der Waals surface area contributed by atoms with Gasteiger partial charge in [0.05, 0.1) is 6.61 Å². The number of alkyl carbamates (subject to hydrolysis) is 1. The topological polar surface area (TPSA) is 64.6 Å². The van der Waals surface area contributed by atoms with Crippen molar-refractivity contribution in [3.8, 4) is 5.75 Å². The summed E-state index contributed by atoms with van der Waals surface area (Å²) in [7, 11) is 0. The number of rotatable bonds is 12. The molecule has 0 spiro atoms. The predicted molar refractivity (Wildman–Crippen MR) is 170 cm³/mol. The fourth-order valence-corrected chi connectivity index (χ4v) is 3.81. The smallest absolute Gasteiger partial charge is 0.407 e. The van der Waals surface area contributed by atoms with Crippen LogP contribution in [0.25, 0.3) is 6.08 Å². The minimum Gasteiger partial charge on any atom is -0.494 e. The molecule has 0 radical (unpaired) electrons. The lowest BCUT2D eigenvalue weighted by Crippen LogP contribution is -2.27. The third kappa shape index (κ3) is 14.2. The molecule has 1 aliphatic carbocycles. The summed E-state index contributed by atoms with van der Waals surface area (Å²) in [5.74, 6) is 1.24. The summed E-state index contributed by atoms with van der Waals surface area (Å²) in [4.78, 5) is 23.4. The van der Waals surface area contributed by atoms with Crippen molar-refractivity contribution in [3.63, 3.8) is 0 Å². The summed E-state index contributed by atoms with van der Waals surface area (Å²) in [6.07, 6.45) is 7.09. The highest BCUT2D eigenvalue weighted by Gasteiger charge is 2.23. The minimum atomic E-state index is -0.399. The molecule has 0 saturated carbocycles. The highest BCUT2D eigenvalue weighted by atomic mass is 16.5. The monoisotopic (exact) mass is 551 g/mol. The molecule has 3 rings (SSSR count). The zero-order valence-corrected chi connectivity index (χ0v) is 26.2. The largest absolute Gasteiger partial charge is 0.494 e. The molecule has 5 nitrogen and oxygen atoms in total. The number of amides is 1. The van der Waals surface area contributed by atoms with Gasteiger partial charge in [-0.1, -0.05) is 95.7 Å². The Labute approximate surface area is 244 Å². The number of nitrogens with one attached hydrogen (secondary N) is 1. The number of fused-ring (bicyclic) bond motifs is 1. The van der Waals surface area contributed by atoms with Crippen LogP contribution in [0.3, 0.4) is 0 Å². The first-order valence-corrected chi connectivity index (χ1v) is 14.9. The SMILES string of the molecule is C=CCC.CC.CC.CC(=O)C(C)CCc1cccc(OCCCNC(=O)OCC2C(C)=Cc3ccccc32)c1. The zero-order valence-electron chi connectivity index (χ0n) is 26.2. The molecule has 0 bridgehead atoms. The quantitative estimate of drug-likeness (QED) is 0.211. The van der Waals surface area contributed by atoms with Crippen LogP contribution in [0.1, 0.15) is 97.3 Å². The molecule has 0 fully saturated rings. The fraction of sp³-hybridized carbons (Fsp3) is 0.486. The summed E-state index contributed by atoms with van der Waals surface area (Å²) in [5.41, 5.74) is 4.79. The Balaban J connectivity index is 0.00000171. The number of carbonyl (C=O) groups is 2. The van der Waals surface area contributed by atoms with E-state index in [0.29, 0.717) is 26.2 Å². The number of carbonyl (C=O) groups excluding carboxylic acids is 2. The van der Waals surface area contributed by atoms with Crippen LogP contribution in [0.2, 0.25) is 0 Å². The number of hydrogen-bond acceptors (Lipinski definition) is 4. The molecule has 2 aromatic rings. The van der Waals surface area contributed by atoms with E-state index >= 15 is 0 Å². The maximum absolute atomic E-state index is 12.1. The Kier molecular flexibility index (Phi) is 20.6. The van der Waals surface area contributed by atoms with Crippen LogP contribution < -0.4 is 10.1 Å². The number of allylic oxidation sites excluding steroid dienone is 1. The summed E-state index contributed by atoms with van der Waals surface area (Å²) in [6.45, 7) is 20.6. The zero-order chi connectivity index (χ0) is 30.3. The molecule has 0 saturated heterocycles. The molecule has 2 aromatic carbocycles. The van der Waals surface area contributed by atoms with Gasteiger partial charge in [-0.25, -0.2) is 4.79 Å².